The van der Waals surface area contributed by atoms with Crippen LogP contribution in [0.1, 0.15) is 30.5 Å². The summed E-state index contributed by atoms with van der Waals surface area (Å²) in [6.45, 7) is 9.81. The molecule has 0 bridgehead atoms. The molecule has 0 unspecified atom stereocenters. The minimum Gasteiger partial charge on any atom is -0.316 e. The van der Waals surface area contributed by atoms with Crippen molar-refractivity contribution >= 4 is 6.08 Å². The van der Waals surface area contributed by atoms with E-state index >= 15 is 0 Å². The highest BCUT2D eigenvalue weighted by Gasteiger charge is 2.05. The average Bonchev–Trinajstić information content (AvgIpc) is 2.21. The second-order valence-electron chi connectivity index (χ2n) is 4.71. The number of aryl methyl sites for hydroxylation is 2. The monoisotopic (exact) mass is 217 g/mol. The van der Waals surface area contributed by atoms with Gasteiger partial charge in [-0.25, -0.2) is 0 Å². The molecule has 1 N–H and O–H groups in total. The fourth-order valence-corrected chi connectivity index (χ4v) is 1.87. The zero-order valence-electron chi connectivity index (χ0n) is 11.1. The Morgan fingerprint density at radius 1 is 1.25 bits per heavy atom. The van der Waals surface area contributed by atoms with Gasteiger partial charge in [0.05, 0.1) is 0 Å². The van der Waals surface area contributed by atoms with Gasteiger partial charge in [0.1, 0.15) is 0 Å². The molecule has 16 heavy (non-hydrogen) atoms. The fourth-order valence-electron chi connectivity index (χ4n) is 1.87. The van der Waals surface area contributed by atoms with Crippen molar-refractivity contribution in [1.82, 2.24) is 5.32 Å². The Bertz CT molecular complexity index is 355. The Morgan fingerprint density at radius 2 is 1.81 bits per heavy atom. The molecule has 0 aliphatic carbocycles. The summed E-state index contributed by atoms with van der Waals surface area (Å²) in [5, 5.41) is 3.24. The highest BCUT2D eigenvalue weighted by atomic mass is 14.8. The van der Waals surface area contributed by atoms with Gasteiger partial charge in [-0.3, -0.25) is 0 Å². The van der Waals surface area contributed by atoms with E-state index in [0.29, 0.717) is 5.92 Å². The first-order chi connectivity index (χ1) is 7.56. The van der Waals surface area contributed by atoms with Crippen molar-refractivity contribution in [1.29, 1.82) is 0 Å². The number of hydrogen-bond donors (Lipinski definition) is 1. The molecule has 0 aliphatic heterocycles. The smallest absolute Gasteiger partial charge is 0.0167 e. The van der Waals surface area contributed by atoms with Gasteiger partial charge < -0.3 is 5.32 Å². The van der Waals surface area contributed by atoms with Crippen LogP contribution < -0.4 is 5.32 Å². The summed E-state index contributed by atoms with van der Waals surface area (Å²) in [5.74, 6) is 0.589. The Balaban J connectivity index is 3.12. The van der Waals surface area contributed by atoms with Crippen LogP contribution in [0.5, 0.6) is 0 Å². The van der Waals surface area contributed by atoms with E-state index in [2.05, 4.69) is 57.3 Å². The van der Waals surface area contributed by atoms with Crippen LogP contribution in [0.25, 0.3) is 6.08 Å². The Labute approximate surface area is 99.6 Å². The van der Waals surface area contributed by atoms with E-state index in [0.717, 1.165) is 6.54 Å². The van der Waals surface area contributed by atoms with Crippen LogP contribution in [0.3, 0.4) is 0 Å². The molecule has 0 aliphatic rings. The molecule has 88 valence electrons. The molecule has 0 spiro atoms. The summed E-state index contributed by atoms with van der Waals surface area (Å²) in [4.78, 5) is 0. The maximum absolute atomic E-state index is 3.24. The van der Waals surface area contributed by atoms with E-state index in [1.807, 2.05) is 7.05 Å². The Morgan fingerprint density at radius 3 is 2.25 bits per heavy atom. The average molecular weight is 217 g/mol. The lowest BCUT2D eigenvalue weighted by molar-refractivity contribution is 0.713. The van der Waals surface area contributed by atoms with Crippen molar-refractivity contribution in [2.45, 2.75) is 27.7 Å². The van der Waals surface area contributed by atoms with Gasteiger partial charge in [-0.1, -0.05) is 43.7 Å². The zero-order chi connectivity index (χ0) is 12.1. The maximum Gasteiger partial charge on any atom is 0.0167 e. The topological polar surface area (TPSA) is 12.0 Å². The van der Waals surface area contributed by atoms with Gasteiger partial charge in [-0.05, 0) is 43.5 Å². The molecule has 1 nitrogen and oxygen atoms in total. The van der Waals surface area contributed by atoms with Crippen LogP contribution in [-0.4, -0.2) is 13.6 Å². The normalized spacial score (nSPS) is 12.2. The van der Waals surface area contributed by atoms with Gasteiger partial charge in [0.2, 0.25) is 0 Å². The molecule has 1 heteroatoms. The molecule has 0 atom stereocenters. The van der Waals surface area contributed by atoms with E-state index in [1.54, 1.807) is 0 Å². The Kier molecular flexibility index (Phi) is 4.75. The van der Waals surface area contributed by atoms with Crippen LogP contribution >= 0.6 is 0 Å². The molecule has 0 saturated carbocycles. The number of likely N-dealkylation sites (N-methyl/N-ethyl adjacent to an activating group) is 1. The molecule has 1 aromatic carbocycles. The van der Waals surface area contributed by atoms with E-state index < -0.39 is 0 Å². The molecule has 0 aromatic heterocycles. The van der Waals surface area contributed by atoms with E-state index in [9.17, 15) is 0 Å². The summed E-state index contributed by atoms with van der Waals surface area (Å²) in [6.07, 6.45) is 2.34. The number of hydrogen-bond acceptors (Lipinski definition) is 1. The number of nitrogens with one attached hydrogen (secondary N) is 1. The lowest BCUT2D eigenvalue weighted by Crippen LogP contribution is -2.14. The first kappa shape index (κ1) is 13.0. The molecule has 0 fully saturated rings. The summed E-state index contributed by atoms with van der Waals surface area (Å²) < 4.78 is 0. The maximum atomic E-state index is 3.24. The molecule has 0 radical (unpaired) electrons. The SMILES string of the molecule is CNC/C(=C/c1c(C)cccc1C)C(C)C. The van der Waals surface area contributed by atoms with Crippen LogP contribution in [0.2, 0.25) is 0 Å². The minimum atomic E-state index is 0.589. The first-order valence-corrected chi connectivity index (χ1v) is 5.97. The van der Waals surface area contributed by atoms with Crippen molar-refractivity contribution in [2.24, 2.45) is 5.92 Å². The van der Waals surface area contributed by atoms with Gasteiger partial charge in [0.25, 0.3) is 0 Å². The molecule has 1 rings (SSSR count). The quantitative estimate of drug-likeness (QED) is 0.813. The van der Waals surface area contributed by atoms with Crippen molar-refractivity contribution in [2.75, 3.05) is 13.6 Å². The van der Waals surface area contributed by atoms with Gasteiger partial charge in [-0.2, -0.15) is 0 Å². The Hall–Kier alpha value is -1.08. The van der Waals surface area contributed by atoms with Crippen molar-refractivity contribution in [3.8, 4) is 0 Å². The second-order valence-corrected chi connectivity index (χ2v) is 4.71. The second kappa shape index (κ2) is 5.86. The molecular weight excluding hydrogens is 194 g/mol. The molecule has 0 heterocycles. The summed E-state index contributed by atoms with van der Waals surface area (Å²) in [5.41, 5.74) is 5.55. The van der Waals surface area contributed by atoms with E-state index in [1.165, 1.54) is 22.3 Å². The lowest BCUT2D eigenvalue weighted by Gasteiger charge is -2.13. The molecular formula is C15H23N. The van der Waals surface area contributed by atoms with E-state index in [-0.39, 0.29) is 0 Å². The largest absolute Gasteiger partial charge is 0.316 e. The van der Waals surface area contributed by atoms with Gasteiger partial charge in [0.15, 0.2) is 0 Å². The van der Waals surface area contributed by atoms with Gasteiger partial charge in [0, 0.05) is 6.54 Å². The summed E-state index contributed by atoms with van der Waals surface area (Å²) >= 11 is 0. The van der Waals surface area contributed by atoms with Crippen LogP contribution in [0, 0.1) is 19.8 Å². The number of rotatable bonds is 4. The van der Waals surface area contributed by atoms with Crippen molar-refractivity contribution in [3.05, 3.63) is 40.5 Å². The third kappa shape index (κ3) is 3.21. The highest BCUT2D eigenvalue weighted by Crippen LogP contribution is 2.20. The van der Waals surface area contributed by atoms with Crippen LogP contribution in [0.15, 0.2) is 23.8 Å². The standard InChI is InChI=1S/C15H23N/c1-11(2)14(10-16-5)9-15-12(3)7-6-8-13(15)4/h6-9,11,16H,10H2,1-5H3/b14-9-. The predicted octanol–water partition coefficient (Wildman–Crippen LogP) is 3.56. The molecule has 0 amide bonds. The van der Waals surface area contributed by atoms with Gasteiger partial charge in [-0.15, -0.1) is 0 Å². The molecule has 1 aromatic rings. The third-order valence-electron chi connectivity index (χ3n) is 2.99. The lowest BCUT2D eigenvalue weighted by atomic mass is 9.95. The first-order valence-electron chi connectivity index (χ1n) is 5.97. The zero-order valence-corrected chi connectivity index (χ0v) is 11.1. The molecule has 0 saturated heterocycles. The minimum absolute atomic E-state index is 0.589. The van der Waals surface area contributed by atoms with Crippen LogP contribution in [0.4, 0.5) is 0 Å². The fraction of sp³-hybridized carbons (Fsp3) is 0.467. The van der Waals surface area contributed by atoms with Crippen LogP contribution in [-0.2, 0) is 0 Å². The highest BCUT2D eigenvalue weighted by molar-refractivity contribution is 5.60. The number of benzene rings is 1. The predicted molar refractivity (Wildman–Crippen MR) is 72.7 cm³/mol. The summed E-state index contributed by atoms with van der Waals surface area (Å²) in [7, 11) is 2.00. The van der Waals surface area contributed by atoms with E-state index in [4.69, 9.17) is 0 Å². The van der Waals surface area contributed by atoms with Crippen molar-refractivity contribution < 1.29 is 0 Å². The summed E-state index contributed by atoms with van der Waals surface area (Å²) in [6, 6.07) is 6.47. The van der Waals surface area contributed by atoms with Crippen molar-refractivity contribution in [3.63, 3.8) is 0 Å². The van der Waals surface area contributed by atoms with Gasteiger partial charge >= 0.3 is 0 Å². The third-order valence-corrected chi connectivity index (χ3v) is 2.99.